The molecule has 2 N–H and O–H groups in total. The van der Waals surface area contributed by atoms with Crippen molar-refractivity contribution in [1.29, 1.82) is 0 Å². The summed E-state index contributed by atoms with van der Waals surface area (Å²) in [6.45, 7) is 0.859. The molecule has 2 unspecified atom stereocenters. The van der Waals surface area contributed by atoms with Gasteiger partial charge in [-0.1, -0.05) is 54.6 Å². The number of halogens is 1. The Bertz CT molecular complexity index is 1180. The van der Waals surface area contributed by atoms with E-state index in [1.807, 2.05) is 30.3 Å². The third-order valence-electron chi connectivity index (χ3n) is 6.09. The van der Waals surface area contributed by atoms with Gasteiger partial charge in [0.2, 0.25) is 0 Å². The normalized spacial score (nSPS) is 16.9. The molecule has 4 aromatic rings. The first-order valence-electron chi connectivity index (χ1n) is 10.7. The quantitative estimate of drug-likeness (QED) is 0.314. The number of hydrogen-bond acceptors (Lipinski definition) is 2. The van der Waals surface area contributed by atoms with Crippen LogP contribution >= 0.6 is 15.9 Å². The first-order chi connectivity index (χ1) is 15.2. The molecular weight excluding hydrogens is 468 g/mol. The smallest absolute Gasteiger partial charge is 0.152 e. The highest BCUT2D eigenvalue weighted by molar-refractivity contribution is 9.10. The molecule has 0 bridgehead atoms. The summed E-state index contributed by atoms with van der Waals surface area (Å²) >= 11 is 2.83. The lowest BCUT2D eigenvalue weighted by atomic mass is 9.94. The van der Waals surface area contributed by atoms with Crippen LogP contribution in [0.1, 0.15) is 24.1 Å². The Morgan fingerprint density at radius 2 is 1.71 bits per heavy atom. The third-order valence-corrected chi connectivity index (χ3v) is 8.21. The topological polar surface area (TPSA) is 50.9 Å². The zero-order chi connectivity index (χ0) is 21.2. The summed E-state index contributed by atoms with van der Waals surface area (Å²) < 4.78 is 13.6. The molecule has 158 valence electrons. The summed E-state index contributed by atoms with van der Waals surface area (Å²) in [5.74, 6) is 0.714. The van der Waals surface area contributed by atoms with Crippen LogP contribution in [0.5, 0.6) is 0 Å². The number of fused-ring (bicyclic) bond motifs is 3. The molecule has 2 heterocycles. The van der Waals surface area contributed by atoms with Crippen LogP contribution < -0.4 is 5.32 Å². The van der Waals surface area contributed by atoms with Crippen molar-refractivity contribution in [2.75, 3.05) is 5.75 Å². The van der Waals surface area contributed by atoms with Crippen molar-refractivity contribution in [1.82, 2.24) is 10.3 Å². The lowest BCUT2D eigenvalue weighted by molar-refractivity contribution is 0.445. The Morgan fingerprint density at radius 1 is 0.968 bits per heavy atom. The van der Waals surface area contributed by atoms with E-state index in [0.29, 0.717) is 11.8 Å². The largest absolute Gasteiger partial charge is 0.611 e. The molecule has 1 aliphatic heterocycles. The lowest BCUT2D eigenvalue weighted by Gasteiger charge is -2.24. The highest BCUT2D eigenvalue weighted by Gasteiger charge is 2.25. The predicted octanol–water partition coefficient (Wildman–Crippen LogP) is 6.20. The number of nitrogens with one attached hydrogen (secondary N) is 2. The van der Waals surface area contributed by atoms with Gasteiger partial charge in [-0.05, 0) is 74.8 Å². The summed E-state index contributed by atoms with van der Waals surface area (Å²) in [7, 11) is 0. The third kappa shape index (κ3) is 4.33. The van der Waals surface area contributed by atoms with Gasteiger partial charge in [-0.2, -0.15) is 0 Å². The van der Waals surface area contributed by atoms with Gasteiger partial charge in [0.05, 0.1) is 5.52 Å². The summed E-state index contributed by atoms with van der Waals surface area (Å²) in [6.07, 6.45) is 2.95. The van der Waals surface area contributed by atoms with Crippen LogP contribution in [0.2, 0.25) is 0 Å². The molecule has 0 amide bonds. The van der Waals surface area contributed by atoms with Crippen molar-refractivity contribution < 1.29 is 4.55 Å². The van der Waals surface area contributed by atoms with E-state index in [2.05, 4.69) is 68.7 Å². The summed E-state index contributed by atoms with van der Waals surface area (Å²) in [4.78, 5) is 4.63. The highest BCUT2D eigenvalue weighted by Crippen LogP contribution is 2.38. The number of aromatic nitrogens is 1. The molecule has 0 fully saturated rings. The molecule has 1 aliphatic rings. The molecule has 3 aromatic carbocycles. The first kappa shape index (κ1) is 20.8. The fourth-order valence-corrected chi connectivity index (χ4v) is 6.09. The summed E-state index contributed by atoms with van der Waals surface area (Å²) in [6, 6.07) is 25.1. The predicted molar refractivity (Wildman–Crippen MR) is 133 cm³/mol. The van der Waals surface area contributed by atoms with Crippen molar-refractivity contribution in [2.24, 2.45) is 0 Å². The SMILES string of the molecule is [O-][S+](CCCC1Cc2[nH]c3c(Br)ccc(-c4ccccc4)c3c2CN1)c1ccccc1. The zero-order valence-electron chi connectivity index (χ0n) is 17.2. The second kappa shape index (κ2) is 9.21. The molecule has 0 spiro atoms. The van der Waals surface area contributed by atoms with E-state index >= 15 is 0 Å². The van der Waals surface area contributed by atoms with Crippen molar-refractivity contribution >= 4 is 38.0 Å². The van der Waals surface area contributed by atoms with E-state index in [9.17, 15) is 4.55 Å². The van der Waals surface area contributed by atoms with Crippen LogP contribution in [0, 0.1) is 0 Å². The average Bonchev–Trinajstić information content (AvgIpc) is 3.20. The average molecular weight is 493 g/mol. The molecule has 0 aliphatic carbocycles. The van der Waals surface area contributed by atoms with Gasteiger partial charge in [0.25, 0.3) is 0 Å². The van der Waals surface area contributed by atoms with Crippen LogP contribution in [-0.4, -0.2) is 21.3 Å². The molecule has 1 aromatic heterocycles. The molecule has 31 heavy (non-hydrogen) atoms. The minimum absolute atomic E-state index is 0.410. The molecule has 5 rings (SSSR count). The van der Waals surface area contributed by atoms with E-state index in [4.69, 9.17) is 0 Å². The van der Waals surface area contributed by atoms with Gasteiger partial charge in [-0.25, -0.2) is 0 Å². The molecule has 0 saturated heterocycles. The lowest BCUT2D eigenvalue weighted by Crippen LogP contribution is -2.35. The Kier molecular flexibility index (Phi) is 6.19. The van der Waals surface area contributed by atoms with Crippen LogP contribution in [0.25, 0.3) is 22.0 Å². The van der Waals surface area contributed by atoms with Crippen LogP contribution in [0.3, 0.4) is 0 Å². The van der Waals surface area contributed by atoms with Gasteiger partial charge in [0.15, 0.2) is 4.90 Å². The van der Waals surface area contributed by atoms with E-state index in [-0.39, 0.29) is 0 Å². The number of rotatable bonds is 6. The van der Waals surface area contributed by atoms with Gasteiger partial charge in [-0.3, -0.25) is 0 Å². The fraction of sp³-hybridized carbons (Fsp3) is 0.231. The maximum atomic E-state index is 12.5. The van der Waals surface area contributed by atoms with Crippen LogP contribution in [0.4, 0.5) is 0 Å². The Morgan fingerprint density at radius 3 is 2.48 bits per heavy atom. The Hall–Kier alpha value is -2.05. The molecular formula is C26H25BrN2OS. The fourth-order valence-electron chi connectivity index (χ4n) is 4.54. The number of benzene rings is 3. The maximum absolute atomic E-state index is 12.5. The van der Waals surface area contributed by atoms with E-state index in [1.54, 1.807) is 0 Å². The summed E-state index contributed by atoms with van der Waals surface area (Å²) in [5.41, 5.74) is 6.40. The monoisotopic (exact) mass is 492 g/mol. The maximum Gasteiger partial charge on any atom is 0.152 e. The van der Waals surface area contributed by atoms with Gasteiger partial charge in [-0.15, -0.1) is 0 Å². The second-order valence-electron chi connectivity index (χ2n) is 8.08. The second-order valence-corrected chi connectivity index (χ2v) is 10.5. The van der Waals surface area contributed by atoms with E-state index in [0.717, 1.165) is 35.2 Å². The van der Waals surface area contributed by atoms with Gasteiger partial charge in [0.1, 0.15) is 5.75 Å². The highest BCUT2D eigenvalue weighted by atomic mass is 79.9. The van der Waals surface area contributed by atoms with E-state index in [1.165, 1.54) is 33.3 Å². The Labute approximate surface area is 194 Å². The molecule has 3 nitrogen and oxygen atoms in total. The molecule has 5 heteroatoms. The summed E-state index contributed by atoms with van der Waals surface area (Å²) in [5, 5.41) is 5.04. The first-order valence-corrected chi connectivity index (χ1v) is 12.9. The number of aromatic amines is 1. The molecule has 0 radical (unpaired) electrons. The Balaban J connectivity index is 1.32. The standard InChI is InChI=1S/C26H25BrN2OS/c27-23-14-13-21(18-8-3-1-4-9-18)25-22-17-28-19(16-24(22)29-26(23)25)10-7-15-31(30)20-11-5-2-6-12-20/h1-6,8-9,11-14,19,28-29H,7,10,15-17H2. The zero-order valence-corrected chi connectivity index (χ0v) is 19.6. The van der Waals surface area contributed by atoms with Crippen molar-refractivity contribution in [2.45, 2.75) is 36.7 Å². The minimum Gasteiger partial charge on any atom is -0.611 e. The van der Waals surface area contributed by atoms with Crippen LogP contribution in [-0.2, 0) is 24.1 Å². The molecule has 0 saturated carbocycles. The van der Waals surface area contributed by atoms with Crippen LogP contribution in [0.15, 0.2) is 82.2 Å². The van der Waals surface area contributed by atoms with Crippen molar-refractivity contribution in [3.8, 4) is 11.1 Å². The molecule has 2 atom stereocenters. The van der Waals surface area contributed by atoms with Gasteiger partial charge in [0, 0.05) is 34.6 Å². The van der Waals surface area contributed by atoms with Gasteiger partial charge >= 0.3 is 0 Å². The van der Waals surface area contributed by atoms with Gasteiger partial charge < -0.3 is 14.9 Å². The van der Waals surface area contributed by atoms with Crippen molar-refractivity contribution in [3.63, 3.8) is 0 Å². The van der Waals surface area contributed by atoms with E-state index < -0.39 is 11.2 Å². The number of hydrogen-bond donors (Lipinski definition) is 2. The van der Waals surface area contributed by atoms with Crippen molar-refractivity contribution in [3.05, 3.63) is 88.5 Å². The minimum atomic E-state index is -0.914. The number of H-pyrrole nitrogens is 1.